The summed E-state index contributed by atoms with van der Waals surface area (Å²) in [7, 11) is 1.42. The van der Waals surface area contributed by atoms with Crippen LogP contribution in [0, 0.1) is 0 Å². The number of rotatable bonds is 13. The number of hydrogen-bond acceptors (Lipinski definition) is 5. The molecule has 0 aliphatic rings. The Labute approximate surface area is 174 Å². The first-order valence-electron chi connectivity index (χ1n) is 10.5. The molecule has 1 atom stereocenters. The highest BCUT2D eigenvalue weighted by Gasteiger charge is 2.09. The Bertz CT molecular complexity index is 620. The van der Waals surface area contributed by atoms with Crippen LogP contribution in [0.25, 0.3) is 0 Å². The van der Waals surface area contributed by atoms with Crippen molar-refractivity contribution in [3.63, 3.8) is 0 Å². The molecule has 29 heavy (non-hydrogen) atoms. The van der Waals surface area contributed by atoms with E-state index in [1.165, 1.54) is 7.11 Å². The van der Waals surface area contributed by atoms with Crippen molar-refractivity contribution in [3.8, 4) is 5.75 Å². The number of nitrogens with zero attached hydrogens (tertiary/aromatic N) is 1. The highest BCUT2D eigenvalue weighted by Crippen LogP contribution is 2.20. The van der Waals surface area contributed by atoms with Crippen molar-refractivity contribution < 1.29 is 19.4 Å². The number of hydrogen-bond donors (Lipinski definition) is 3. The van der Waals surface area contributed by atoms with Gasteiger partial charge in [-0.15, -0.1) is 0 Å². The zero-order chi connectivity index (χ0) is 21.5. The maximum absolute atomic E-state index is 11.1. The zero-order valence-electron chi connectivity index (χ0n) is 18.2. The van der Waals surface area contributed by atoms with Crippen molar-refractivity contribution in [2.24, 2.45) is 4.99 Å². The third kappa shape index (κ3) is 11.3. The summed E-state index contributed by atoms with van der Waals surface area (Å²) in [5.41, 5.74) is 0.786. The van der Waals surface area contributed by atoms with Gasteiger partial charge in [-0.3, -0.25) is 9.79 Å². The smallest absolute Gasteiger partial charge is 0.305 e. The van der Waals surface area contributed by atoms with Gasteiger partial charge in [-0.25, -0.2) is 0 Å². The number of unbranched alkanes of at least 4 members (excludes halogenated alkanes) is 3. The van der Waals surface area contributed by atoms with E-state index in [0.717, 1.165) is 50.1 Å². The van der Waals surface area contributed by atoms with E-state index in [9.17, 15) is 9.90 Å². The van der Waals surface area contributed by atoms with Crippen molar-refractivity contribution in [2.45, 2.75) is 65.1 Å². The molecule has 1 rings (SSSR count). The molecule has 0 saturated carbocycles. The van der Waals surface area contributed by atoms with Gasteiger partial charge in [0.05, 0.1) is 25.9 Å². The lowest BCUT2D eigenvalue weighted by Crippen LogP contribution is -2.38. The molecular formula is C22H37N3O4. The number of nitrogens with one attached hydrogen (secondary N) is 2. The van der Waals surface area contributed by atoms with Crippen molar-refractivity contribution in [2.75, 3.05) is 26.7 Å². The quantitative estimate of drug-likeness (QED) is 0.201. The number of carbonyl (C=O) groups is 1. The minimum atomic E-state index is -0.695. The van der Waals surface area contributed by atoms with Crippen LogP contribution >= 0.6 is 0 Å². The lowest BCUT2D eigenvalue weighted by atomic mass is 10.1. The molecule has 1 aromatic carbocycles. The van der Waals surface area contributed by atoms with E-state index in [0.29, 0.717) is 12.4 Å². The minimum Gasteiger partial charge on any atom is -0.491 e. The van der Waals surface area contributed by atoms with Gasteiger partial charge in [0.15, 0.2) is 5.96 Å². The Morgan fingerprint density at radius 2 is 1.93 bits per heavy atom. The highest BCUT2D eigenvalue weighted by atomic mass is 16.5. The van der Waals surface area contributed by atoms with Crippen LogP contribution in [-0.2, 0) is 9.53 Å². The number of guanidine groups is 1. The van der Waals surface area contributed by atoms with Gasteiger partial charge in [-0.1, -0.05) is 25.0 Å². The van der Waals surface area contributed by atoms with Gasteiger partial charge in [-0.2, -0.15) is 0 Å². The summed E-state index contributed by atoms with van der Waals surface area (Å²) in [6.45, 7) is 7.76. The number of esters is 1. The molecule has 7 heteroatoms. The summed E-state index contributed by atoms with van der Waals surface area (Å²) in [5, 5.41) is 17.0. The summed E-state index contributed by atoms with van der Waals surface area (Å²) < 4.78 is 10.3. The summed E-state index contributed by atoms with van der Waals surface area (Å²) in [4.78, 5) is 15.6. The average Bonchev–Trinajstić information content (AvgIpc) is 2.70. The topological polar surface area (TPSA) is 92.2 Å². The maximum atomic E-state index is 11.1. The average molecular weight is 408 g/mol. The Morgan fingerprint density at radius 1 is 1.17 bits per heavy atom. The molecule has 0 heterocycles. The molecule has 0 bridgehead atoms. The summed E-state index contributed by atoms with van der Waals surface area (Å²) >= 11 is 0. The third-order valence-electron chi connectivity index (χ3n) is 4.21. The molecule has 3 N–H and O–H groups in total. The Hall–Kier alpha value is -2.28. The van der Waals surface area contributed by atoms with Gasteiger partial charge in [-0.05, 0) is 51.3 Å². The minimum absolute atomic E-state index is 0.0884. The molecule has 1 aromatic rings. The monoisotopic (exact) mass is 407 g/mol. The van der Waals surface area contributed by atoms with E-state index in [1.807, 2.05) is 45.0 Å². The van der Waals surface area contributed by atoms with Crippen molar-refractivity contribution in [1.29, 1.82) is 0 Å². The molecule has 0 spiro atoms. The van der Waals surface area contributed by atoms with Crippen LogP contribution in [0.15, 0.2) is 29.3 Å². The zero-order valence-corrected chi connectivity index (χ0v) is 18.2. The van der Waals surface area contributed by atoms with Crippen LogP contribution in [0.2, 0.25) is 0 Å². The molecule has 164 valence electrons. The van der Waals surface area contributed by atoms with Gasteiger partial charge in [0.25, 0.3) is 0 Å². The molecule has 0 aliphatic carbocycles. The Balaban J connectivity index is 2.41. The van der Waals surface area contributed by atoms with Crippen LogP contribution in [0.1, 0.15) is 64.5 Å². The van der Waals surface area contributed by atoms with Crippen LogP contribution in [-0.4, -0.2) is 49.9 Å². The van der Waals surface area contributed by atoms with E-state index in [4.69, 9.17) is 4.74 Å². The Kier molecular flexibility index (Phi) is 12.5. The summed E-state index contributed by atoms with van der Waals surface area (Å²) in [6.07, 6.45) is 3.75. The first kappa shape index (κ1) is 24.8. The summed E-state index contributed by atoms with van der Waals surface area (Å²) in [6, 6.07) is 7.50. The molecule has 0 fully saturated rings. The van der Waals surface area contributed by atoms with Crippen LogP contribution < -0.4 is 15.4 Å². The van der Waals surface area contributed by atoms with E-state index in [1.54, 1.807) is 0 Å². The number of aliphatic hydroxyl groups is 1. The predicted molar refractivity (Wildman–Crippen MR) is 116 cm³/mol. The SMILES string of the molecule is CCNC(=NCC(O)c1cccc(OC(C)C)c1)NCCCCCCC(=O)OC. The van der Waals surface area contributed by atoms with Crippen LogP contribution in [0.3, 0.4) is 0 Å². The normalized spacial score (nSPS) is 12.6. The van der Waals surface area contributed by atoms with Gasteiger partial charge in [0, 0.05) is 19.5 Å². The molecule has 0 saturated heterocycles. The van der Waals surface area contributed by atoms with Crippen molar-refractivity contribution in [3.05, 3.63) is 29.8 Å². The highest BCUT2D eigenvalue weighted by molar-refractivity contribution is 5.79. The van der Waals surface area contributed by atoms with E-state index in [-0.39, 0.29) is 18.6 Å². The third-order valence-corrected chi connectivity index (χ3v) is 4.21. The standard InChI is InChI=1S/C22H37N3O4/c1-5-23-22(24-14-9-7-6-8-13-21(27)28-4)25-16-20(26)18-11-10-12-19(15-18)29-17(2)3/h10-12,15,17,20,26H,5-9,13-14,16H2,1-4H3,(H2,23,24,25). The fraction of sp³-hybridized carbons (Fsp3) is 0.636. The van der Waals surface area contributed by atoms with Crippen LogP contribution in [0.4, 0.5) is 0 Å². The fourth-order valence-corrected chi connectivity index (χ4v) is 2.75. The fourth-order valence-electron chi connectivity index (χ4n) is 2.75. The lowest BCUT2D eigenvalue weighted by Gasteiger charge is -2.15. The van der Waals surface area contributed by atoms with Crippen molar-refractivity contribution >= 4 is 11.9 Å². The number of ether oxygens (including phenoxy) is 2. The number of carbonyl (C=O) groups excluding carboxylic acids is 1. The largest absolute Gasteiger partial charge is 0.491 e. The first-order valence-corrected chi connectivity index (χ1v) is 10.5. The maximum Gasteiger partial charge on any atom is 0.305 e. The molecule has 0 aliphatic heterocycles. The first-order chi connectivity index (χ1) is 14.0. The second-order valence-electron chi connectivity index (χ2n) is 7.14. The second kappa shape index (κ2) is 14.7. The molecule has 0 amide bonds. The lowest BCUT2D eigenvalue weighted by molar-refractivity contribution is -0.140. The second-order valence-corrected chi connectivity index (χ2v) is 7.14. The van der Waals surface area contributed by atoms with Gasteiger partial charge in [0.1, 0.15) is 5.75 Å². The van der Waals surface area contributed by atoms with E-state index >= 15 is 0 Å². The van der Waals surface area contributed by atoms with Gasteiger partial charge < -0.3 is 25.2 Å². The molecule has 1 unspecified atom stereocenters. The van der Waals surface area contributed by atoms with Crippen molar-refractivity contribution in [1.82, 2.24) is 10.6 Å². The van der Waals surface area contributed by atoms with E-state index < -0.39 is 6.10 Å². The predicted octanol–water partition coefficient (Wildman–Crippen LogP) is 3.19. The molecule has 0 aromatic heterocycles. The van der Waals surface area contributed by atoms with E-state index in [2.05, 4.69) is 20.4 Å². The van der Waals surface area contributed by atoms with Crippen LogP contribution in [0.5, 0.6) is 5.75 Å². The Morgan fingerprint density at radius 3 is 2.62 bits per heavy atom. The number of aliphatic imine (C=N–C) groups is 1. The summed E-state index contributed by atoms with van der Waals surface area (Å²) in [5.74, 6) is 1.29. The van der Waals surface area contributed by atoms with Gasteiger partial charge in [0.2, 0.25) is 0 Å². The number of methoxy groups -OCH3 is 1. The molecular weight excluding hydrogens is 370 g/mol. The number of benzene rings is 1. The van der Waals surface area contributed by atoms with Gasteiger partial charge >= 0.3 is 5.97 Å². The molecule has 7 nitrogen and oxygen atoms in total. The number of aliphatic hydroxyl groups excluding tert-OH is 1. The molecule has 0 radical (unpaired) electrons.